The van der Waals surface area contributed by atoms with Gasteiger partial charge in [-0.25, -0.2) is 4.98 Å². The summed E-state index contributed by atoms with van der Waals surface area (Å²) in [7, 11) is 0. The molecule has 0 aliphatic rings. The molecule has 0 unspecified atom stereocenters. The van der Waals surface area contributed by atoms with Crippen LogP contribution in [0, 0.1) is 0 Å². The number of aliphatic carboxylic acids is 1. The van der Waals surface area contributed by atoms with E-state index in [9.17, 15) is 9.90 Å². The highest BCUT2D eigenvalue weighted by atomic mass is 32.2. The summed E-state index contributed by atoms with van der Waals surface area (Å²) in [6, 6.07) is 3.47. The molecule has 0 fully saturated rings. The number of carboxylic acids is 1. The third-order valence-corrected chi connectivity index (χ3v) is 4.30. The van der Waals surface area contributed by atoms with Crippen LogP contribution in [-0.2, 0) is 4.79 Å². The van der Waals surface area contributed by atoms with Crippen molar-refractivity contribution in [1.29, 1.82) is 0 Å². The van der Waals surface area contributed by atoms with Gasteiger partial charge < -0.3 is 10.8 Å². The molecule has 0 aromatic carbocycles. The van der Waals surface area contributed by atoms with E-state index in [1.54, 1.807) is 18.3 Å². The maximum absolute atomic E-state index is 11.3. The van der Waals surface area contributed by atoms with Gasteiger partial charge in [-0.1, -0.05) is 25.6 Å². The van der Waals surface area contributed by atoms with Gasteiger partial charge in [0.25, 0.3) is 0 Å². The fourth-order valence-electron chi connectivity index (χ4n) is 1.41. The molecule has 1 heterocycles. The molecule has 0 amide bonds. The Labute approximate surface area is 99.3 Å². The Bertz CT molecular complexity index is 378. The first-order valence-corrected chi connectivity index (χ1v) is 6.00. The lowest BCUT2D eigenvalue weighted by Gasteiger charge is -2.25. The van der Waals surface area contributed by atoms with Crippen LogP contribution in [0.4, 0.5) is 5.69 Å². The average Bonchev–Trinajstić information content (AvgIpc) is 2.28. The summed E-state index contributed by atoms with van der Waals surface area (Å²) in [6.45, 7) is 3.73. The molecule has 0 spiro atoms. The lowest BCUT2D eigenvalue weighted by Crippen LogP contribution is -2.33. The fourth-order valence-corrected chi connectivity index (χ4v) is 2.46. The second-order valence-electron chi connectivity index (χ2n) is 3.51. The van der Waals surface area contributed by atoms with Crippen LogP contribution in [0.15, 0.2) is 23.4 Å². The highest BCUT2D eigenvalue weighted by Gasteiger charge is 2.37. The second kappa shape index (κ2) is 5.21. The summed E-state index contributed by atoms with van der Waals surface area (Å²) in [5, 5.41) is 9.88. The van der Waals surface area contributed by atoms with Crippen LogP contribution >= 0.6 is 11.8 Å². The molecule has 88 valence electrons. The van der Waals surface area contributed by atoms with Crippen molar-refractivity contribution < 1.29 is 9.90 Å². The monoisotopic (exact) mass is 240 g/mol. The van der Waals surface area contributed by atoms with Crippen molar-refractivity contribution in [3.05, 3.63) is 18.3 Å². The lowest BCUT2D eigenvalue weighted by molar-refractivity contribution is -0.140. The number of anilines is 1. The van der Waals surface area contributed by atoms with Gasteiger partial charge in [-0.3, -0.25) is 4.79 Å². The topological polar surface area (TPSA) is 76.2 Å². The number of nitrogen functional groups attached to an aromatic ring is 1. The maximum Gasteiger partial charge on any atom is 0.320 e. The first kappa shape index (κ1) is 12.8. The van der Waals surface area contributed by atoms with E-state index >= 15 is 0 Å². The fraction of sp³-hybridized carbons (Fsp3) is 0.455. The minimum absolute atomic E-state index is 0.528. The molecule has 0 bridgehead atoms. The summed E-state index contributed by atoms with van der Waals surface area (Å²) in [4.78, 5) is 15.4. The Morgan fingerprint density at radius 1 is 1.56 bits per heavy atom. The molecular weight excluding hydrogens is 224 g/mol. The average molecular weight is 240 g/mol. The summed E-state index contributed by atoms with van der Waals surface area (Å²) in [5.41, 5.74) is 6.29. The number of aromatic nitrogens is 1. The van der Waals surface area contributed by atoms with Gasteiger partial charge in [0.05, 0.1) is 5.69 Å². The Morgan fingerprint density at radius 2 is 2.19 bits per heavy atom. The van der Waals surface area contributed by atoms with Crippen LogP contribution in [-0.4, -0.2) is 20.8 Å². The van der Waals surface area contributed by atoms with E-state index in [1.165, 1.54) is 11.8 Å². The predicted molar refractivity (Wildman–Crippen MR) is 65.5 cm³/mol. The SMILES string of the molecule is CCC(CC)(Sc1ncccc1N)C(=O)O. The Morgan fingerprint density at radius 3 is 2.62 bits per heavy atom. The Kier molecular flexibility index (Phi) is 4.18. The summed E-state index contributed by atoms with van der Waals surface area (Å²) in [6.07, 6.45) is 2.70. The van der Waals surface area contributed by atoms with Crippen molar-refractivity contribution in [3.63, 3.8) is 0 Å². The maximum atomic E-state index is 11.3. The van der Waals surface area contributed by atoms with Crippen molar-refractivity contribution in [2.24, 2.45) is 0 Å². The van der Waals surface area contributed by atoms with Crippen LogP contribution in [0.25, 0.3) is 0 Å². The van der Waals surface area contributed by atoms with Crippen LogP contribution in [0.2, 0.25) is 0 Å². The van der Waals surface area contributed by atoms with Crippen molar-refractivity contribution >= 4 is 23.4 Å². The molecule has 0 atom stereocenters. The lowest BCUT2D eigenvalue weighted by atomic mass is 10.0. The highest BCUT2D eigenvalue weighted by Crippen LogP contribution is 2.39. The highest BCUT2D eigenvalue weighted by molar-refractivity contribution is 8.01. The molecule has 1 rings (SSSR count). The summed E-state index contributed by atoms with van der Waals surface area (Å²) >= 11 is 1.24. The zero-order valence-electron chi connectivity index (χ0n) is 9.43. The number of rotatable bonds is 5. The quantitative estimate of drug-likeness (QED) is 0.773. The molecule has 0 aliphatic heterocycles. The van der Waals surface area contributed by atoms with Gasteiger partial charge in [0.2, 0.25) is 0 Å². The second-order valence-corrected chi connectivity index (χ2v) is 4.88. The van der Waals surface area contributed by atoms with E-state index in [1.807, 2.05) is 13.8 Å². The molecule has 1 aromatic heterocycles. The van der Waals surface area contributed by atoms with E-state index in [0.29, 0.717) is 23.6 Å². The number of thioether (sulfide) groups is 1. The molecule has 16 heavy (non-hydrogen) atoms. The van der Waals surface area contributed by atoms with Gasteiger partial charge in [-0.05, 0) is 25.0 Å². The van der Waals surface area contributed by atoms with E-state index in [-0.39, 0.29) is 0 Å². The Balaban J connectivity index is 3.01. The van der Waals surface area contributed by atoms with Crippen molar-refractivity contribution in [1.82, 2.24) is 4.98 Å². The van der Waals surface area contributed by atoms with Crippen LogP contribution in [0.1, 0.15) is 26.7 Å². The van der Waals surface area contributed by atoms with Gasteiger partial charge in [0, 0.05) is 6.20 Å². The number of carbonyl (C=O) groups is 1. The third kappa shape index (κ3) is 2.47. The number of nitrogens with zero attached hydrogens (tertiary/aromatic N) is 1. The molecule has 0 aliphatic carbocycles. The van der Waals surface area contributed by atoms with Crippen LogP contribution < -0.4 is 5.73 Å². The molecule has 4 nitrogen and oxygen atoms in total. The first-order chi connectivity index (χ1) is 7.55. The minimum atomic E-state index is -0.831. The standard InChI is InChI=1S/C11H16N2O2S/c1-3-11(4-2,10(14)15)16-9-8(12)6-5-7-13-9/h5-7H,3-4,12H2,1-2H3,(H,14,15). The van der Waals surface area contributed by atoms with E-state index in [2.05, 4.69) is 4.98 Å². The van der Waals surface area contributed by atoms with Gasteiger partial charge in [-0.15, -0.1) is 0 Å². The number of hydrogen-bond donors (Lipinski definition) is 2. The van der Waals surface area contributed by atoms with E-state index in [4.69, 9.17) is 5.73 Å². The Hall–Kier alpha value is -1.23. The van der Waals surface area contributed by atoms with Crippen LogP contribution in [0.5, 0.6) is 0 Å². The molecule has 1 aromatic rings. The largest absolute Gasteiger partial charge is 0.480 e. The number of pyridine rings is 1. The van der Waals surface area contributed by atoms with E-state index in [0.717, 1.165) is 0 Å². The van der Waals surface area contributed by atoms with Gasteiger partial charge in [0.15, 0.2) is 0 Å². The number of hydrogen-bond acceptors (Lipinski definition) is 4. The molecule has 5 heteroatoms. The van der Waals surface area contributed by atoms with Gasteiger partial charge >= 0.3 is 5.97 Å². The number of carboxylic acid groups (broad SMARTS) is 1. The molecular formula is C11H16N2O2S. The molecule has 0 saturated heterocycles. The van der Waals surface area contributed by atoms with Gasteiger partial charge in [0.1, 0.15) is 9.77 Å². The third-order valence-electron chi connectivity index (χ3n) is 2.62. The van der Waals surface area contributed by atoms with Gasteiger partial charge in [-0.2, -0.15) is 0 Å². The van der Waals surface area contributed by atoms with Crippen molar-refractivity contribution in [3.8, 4) is 0 Å². The van der Waals surface area contributed by atoms with Crippen molar-refractivity contribution in [2.45, 2.75) is 36.5 Å². The summed E-state index contributed by atoms with van der Waals surface area (Å²) in [5.74, 6) is -0.812. The normalized spacial score (nSPS) is 11.4. The zero-order chi connectivity index (χ0) is 12.2. The number of nitrogens with two attached hydrogens (primary N) is 1. The molecule has 0 radical (unpaired) electrons. The van der Waals surface area contributed by atoms with E-state index < -0.39 is 10.7 Å². The molecule has 3 N–H and O–H groups in total. The summed E-state index contributed by atoms with van der Waals surface area (Å²) < 4.78 is -0.831. The predicted octanol–water partition coefficient (Wildman–Crippen LogP) is 2.40. The smallest absolute Gasteiger partial charge is 0.320 e. The van der Waals surface area contributed by atoms with Crippen molar-refractivity contribution in [2.75, 3.05) is 5.73 Å². The molecule has 0 saturated carbocycles. The first-order valence-electron chi connectivity index (χ1n) is 5.18. The zero-order valence-corrected chi connectivity index (χ0v) is 10.3. The van der Waals surface area contributed by atoms with Crippen LogP contribution in [0.3, 0.4) is 0 Å². The minimum Gasteiger partial charge on any atom is -0.480 e.